The number of hydrogen-bond acceptors (Lipinski definition) is 4. The molecule has 7 heteroatoms. The van der Waals surface area contributed by atoms with Crippen molar-refractivity contribution in [1.29, 1.82) is 0 Å². The first-order chi connectivity index (χ1) is 8.47. The topological polar surface area (TPSA) is 69.8 Å². The summed E-state index contributed by atoms with van der Waals surface area (Å²) in [6, 6.07) is 2.93. The molecule has 18 heavy (non-hydrogen) atoms. The van der Waals surface area contributed by atoms with Crippen molar-refractivity contribution in [3.05, 3.63) is 55.8 Å². The van der Waals surface area contributed by atoms with E-state index in [0.29, 0.717) is 16.7 Å². The molecule has 0 N–H and O–H groups in total. The highest BCUT2D eigenvalue weighted by Crippen LogP contribution is 2.06. The molecule has 0 atom stereocenters. The summed E-state index contributed by atoms with van der Waals surface area (Å²) in [5.74, 6) is 0.338. The van der Waals surface area contributed by atoms with E-state index >= 15 is 0 Å². The van der Waals surface area contributed by atoms with Crippen molar-refractivity contribution < 1.29 is 0 Å². The fraction of sp³-hybridized carbons (Fsp3) is 0.273. The lowest BCUT2D eigenvalue weighted by Gasteiger charge is -2.06. The summed E-state index contributed by atoms with van der Waals surface area (Å²) in [6.07, 6.45) is 1.42. The van der Waals surface area contributed by atoms with Crippen LogP contribution in [0.4, 0.5) is 0 Å². The van der Waals surface area contributed by atoms with Gasteiger partial charge in [-0.2, -0.15) is 0 Å². The molecule has 94 valence electrons. The van der Waals surface area contributed by atoms with Gasteiger partial charge in [0.2, 0.25) is 0 Å². The monoisotopic (exact) mass is 266 g/mol. The SMILES string of the molecule is Cc1cc(Cl)nc(Cn2c(=O)ccn(C)c2=O)n1. The molecule has 0 aliphatic heterocycles. The number of rotatable bonds is 2. The van der Waals surface area contributed by atoms with Crippen LogP contribution in [0.15, 0.2) is 27.9 Å². The van der Waals surface area contributed by atoms with Crippen LogP contribution in [0, 0.1) is 6.92 Å². The maximum Gasteiger partial charge on any atom is 0.331 e. The van der Waals surface area contributed by atoms with Crippen LogP contribution in [0.3, 0.4) is 0 Å². The van der Waals surface area contributed by atoms with Gasteiger partial charge in [0, 0.05) is 25.0 Å². The number of hydrogen-bond donors (Lipinski definition) is 0. The van der Waals surface area contributed by atoms with Crippen molar-refractivity contribution >= 4 is 11.6 Å². The summed E-state index contributed by atoms with van der Waals surface area (Å²) in [7, 11) is 1.57. The molecular formula is C11H11ClN4O2. The van der Waals surface area contributed by atoms with Crippen molar-refractivity contribution in [2.45, 2.75) is 13.5 Å². The Bertz CT molecular complexity index is 685. The molecule has 0 unspecified atom stereocenters. The molecule has 0 saturated carbocycles. The largest absolute Gasteiger partial charge is 0.331 e. The van der Waals surface area contributed by atoms with Crippen LogP contribution in [-0.4, -0.2) is 19.1 Å². The maximum atomic E-state index is 11.8. The third-order valence-corrected chi connectivity index (χ3v) is 2.60. The first-order valence-corrected chi connectivity index (χ1v) is 5.61. The molecule has 2 aromatic heterocycles. The number of halogens is 1. The van der Waals surface area contributed by atoms with E-state index in [2.05, 4.69) is 9.97 Å². The molecule has 0 saturated heterocycles. The molecule has 6 nitrogen and oxygen atoms in total. The van der Waals surface area contributed by atoms with Gasteiger partial charge in [-0.15, -0.1) is 0 Å². The normalized spacial score (nSPS) is 10.6. The average Bonchev–Trinajstić information content (AvgIpc) is 2.28. The van der Waals surface area contributed by atoms with Crippen LogP contribution in [-0.2, 0) is 13.6 Å². The minimum Gasteiger partial charge on any atom is -0.303 e. The van der Waals surface area contributed by atoms with Crippen molar-refractivity contribution in [2.75, 3.05) is 0 Å². The molecule has 0 bridgehead atoms. The van der Waals surface area contributed by atoms with Gasteiger partial charge in [0.1, 0.15) is 11.0 Å². The van der Waals surface area contributed by atoms with E-state index in [4.69, 9.17) is 11.6 Å². The van der Waals surface area contributed by atoms with Crippen molar-refractivity contribution in [3.8, 4) is 0 Å². The van der Waals surface area contributed by atoms with Crippen molar-refractivity contribution in [1.82, 2.24) is 19.1 Å². The van der Waals surface area contributed by atoms with Crippen LogP contribution in [0.2, 0.25) is 5.15 Å². The van der Waals surface area contributed by atoms with Gasteiger partial charge in [-0.25, -0.2) is 14.8 Å². The third-order valence-electron chi connectivity index (χ3n) is 2.41. The minimum atomic E-state index is -0.413. The number of nitrogens with zero attached hydrogens (tertiary/aromatic N) is 4. The third kappa shape index (κ3) is 2.48. The Morgan fingerprint density at radius 3 is 2.72 bits per heavy atom. The quantitative estimate of drug-likeness (QED) is 0.736. The van der Waals surface area contributed by atoms with Crippen molar-refractivity contribution in [2.24, 2.45) is 7.05 Å². The summed E-state index contributed by atoms with van der Waals surface area (Å²) < 4.78 is 2.38. The first-order valence-electron chi connectivity index (χ1n) is 5.24. The zero-order valence-corrected chi connectivity index (χ0v) is 10.7. The summed E-state index contributed by atoms with van der Waals surface area (Å²) in [4.78, 5) is 31.6. The lowest BCUT2D eigenvalue weighted by molar-refractivity contribution is 0.619. The van der Waals surface area contributed by atoms with E-state index in [1.54, 1.807) is 20.0 Å². The highest BCUT2D eigenvalue weighted by atomic mass is 35.5. The summed E-state index contributed by atoms with van der Waals surface area (Å²) in [5, 5.41) is 0.290. The molecule has 0 aliphatic rings. The zero-order chi connectivity index (χ0) is 13.3. The van der Waals surface area contributed by atoms with Gasteiger partial charge >= 0.3 is 5.69 Å². The predicted molar refractivity (Wildman–Crippen MR) is 66.8 cm³/mol. The lowest BCUT2D eigenvalue weighted by Crippen LogP contribution is -2.38. The maximum absolute atomic E-state index is 11.8. The second kappa shape index (κ2) is 4.73. The zero-order valence-electron chi connectivity index (χ0n) is 9.92. The van der Waals surface area contributed by atoms with Gasteiger partial charge in [-0.1, -0.05) is 11.6 Å². The summed E-state index contributed by atoms with van der Waals surface area (Å²) in [5.41, 5.74) is -0.117. The standard InChI is InChI=1S/C11H11ClN4O2/c1-7-5-8(12)14-9(13-7)6-16-10(17)3-4-15(2)11(16)18/h3-5H,6H2,1-2H3. The van der Waals surface area contributed by atoms with E-state index in [0.717, 1.165) is 4.57 Å². The molecule has 0 spiro atoms. The number of aryl methyl sites for hydroxylation is 2. The first kappa shape index (κ1) is 12.5. The summed E-state index contributed by atoms with van der Waals surface area (Å²) in [6.45, 7) is 1.77. The Balaban J connectivity index is 2.49. The Kier molecular flexibility index (Phi) is 3.29. The van der Waals surface area contributed by atoms with E-state index in [1.807, 2.05) is 0 Å². The van der Waals surface area contributed by atoms with Gasteiger partial charge in [0.25, 0.3) is 5.56 Å². The molecular weight excluding hydrogens is 256 g/mol. The van der Waals surface area contributed by atoms with Gasteiger partial charge in [0.15, 0.2) is 0 Å². The van der Waals surface area contributed by atoms with Crippen LogP contribution in [0.25, 0.3) is 0 Å². The lowest BCUT2D eigenvalue weighted by atomic mass is 10.4. The van der Waals surface area contributed by atoms with Crippen LogP contribution >= 0.6 is 11.6 Å². The second-order valence-corrected chi connectivity index (χ2v) is 4.27. The highest BCUT2D eigenvalue weighted by Gasteiger charge is 2.07. The highest BCUT2D eigenvalue weighted by molar-refractivity contribution is 6.29. The summed E-state index contributed by atoms with van der Waals surface area (Å²) >= 11 is 5.81. The van der Waals surface area contributed by atoms with Gasteiger partial charge in [-0.05, 0) is 13.0 Å². The second-order valence-electron chi connectivity index (χ2n) is 3.88. The van der Waals surface area contributed by atoms with Crippen LogP contribution in [0.1, 0.15) is 11.5 Å². The molecule has 2 rings (SSSR count). The molecule has 0 aromatic carbocycles. The molecule has 0 aliphatic carbocycles. The van der Waals surface area contributed by atoms with E-state index in [1.165, 1.54) is 16.8 Å². The fourth-order valence-corrected chi connectivity index (χ4v) is 1.82. The molecule has 2 aromatic rings. The van der Waals surface area contributed by atoms with E-state index in [9.17, 15) is 9.59 Å². The minimum absolute atomic E-state index is 0.00769. The van der Waals surface area contributed by atoms with E-state index in [-0.39, 0.29) is 12.1 Å². The molecule has 0 radical (unpaired) electrons. The average molecular weight is 267 g/mol. The predicted octanol–water partition coefficient (Wildman–Crippen LogP) is 0.347. The molecule has 2 heterocycles. The smallest absolute Gasteiger partial charge is 0.303 e. The van der Waals surface area contributed by atoms with Gasteiger partial charge < -0.3 is 4.57 Å². The Morgan fingerprint density at radius 1 is 1.33 bits per heavy atom. The van der Waals surface area contributed by atoms with Crippen LogP contribution < -0.4 is 11.2 Å². The van der Waals surface area contributed by atoms with E-state index < -0.39 is 5.69 Å². The van der Waals surface area contributed by atoms with Crippen molar-refractivity contribution in [3.63, 3.8) is 0 Å². The van der Waals surface area contributed by atoms with Gasteiger partial charge in [0.05, 0.1) is 6.54 Å². The fourth-order valence-electron chi connectivity index (χ4n) is 1.56. The van der Waals surface area contributed by atoms with Gasteiger partial charge in [-0.3, -0.25) is 9.36 Å². The Morgan fingerprint density at radius 2 is 2.06 bits per heavy atom. The Labute approximate surface area is 108 Å². The van der Waals surface area contributed by atoms with Crippen LogP contribution in [0.5, 0.6) is 0 Å². The molecule has 0 fully saturated rings. The number of aromatic nitrogens is 4. The molecule has 0 amide bonds. The Hall–Kier alpha value is -1.95.